The summed E-state index contributed by atoms with van der Waals surface area (Å²) in [6.07, 6.45) is 1.06. The molecule has 222 valence electrons. The molecule has 0 aliphatic carbocycles. The molecule has 2 aliphatic rings. The maximum Gasteiger partial charge on any atom is 0.410 e. The molecule has 43 heavy (non-hydrogen) atoms. The van der Waals surface area contributed by atoms with E-state index >= 15 is 0 Å². The molecule has 0 fully saturated rings. The first-order valence-corrected chi connectivity index (χ1v) is 14.9. The Labute approximate surface area is 256 Å². The maximum absolute atomic E-state index is 14.3. The lowest BCUT2D eigenvalue weighted by Crippen LogP contribution is -2.40. The third-order valence-electron chi connectivity index (χ3n) is 7.84. The lowest BCUT2D eigenvalue weighted by atomic mass is 9.96. The number of anilines is 1. The highest BCUT2D eigenvalue weighted by molar-refractivity contribution is 6.30. The van der Waals surface area contributed by atoms with Gasteiger partial charge in [0, 0.05) is 42.3 Å². The van der Waals surface area contributed by atoms with Gasteiger partial charge in [-0.3, -0.25) is 9.48 Å². The van der Waals surface area contributed by atoms with Crippen LogP contribution in [0.5, 0.6) is 5.75 Å². The molecular weight excluding hydrogens is 564 g/mol. The minimum absolute atomic E-state index is 0.100. The number of carbonyl (C=O) groups is 2. The second-order valence-electron chi connectivity index (χ2n) is 12.0. The number of benzene rings is 3. The summed E-state index contributed by atoms with van der Waals surface area (Å²) in [6, 6.07) is 21.5. The molecule has 0 saturated carbocycles. The Kier molecular flexibility index (Phi) is 7.65. The zero-order valence-corrected chi connectivity index (χ0v) is 25.6. The molecule has 0 unspecified atom stereocenters. The average Bonchev–Trinajstić information content (AvgIpc) is 3.35. The second-order valence-corrected chi connectivity index (χ2v) is 12.4. The number of fused-ring (bicyclic) bond motifs is 2. The van der Waals surface area contributed by atoms with Crippen molar-refractivity contribution in [3.63, 3.8) is 0 Å². The van der Waals surface area contributed by atoms with Crippen LogP contribution >= 0.6 is 11.6 Å². The smallest absolute Gasteiger partial charge is 0.410 e. The van der Waals surface area contributed by atoms with Gasteiger partial charge < -0.3 is 19.3 Å². The number of hydrogen-bond acceptors (Lipinski definition) is 5. The highest BCUT2D eigenvalue weighted by atomic mass is 35.5. The Morgan fingerprint density at radius 3 is 2.49 bits per heavy atom. The van der Waals surface area contributed by atoms with Gasteiger partial charge in [-0.25, -0.2) is 4.79 Å². The molecule has 6 rings (SSSR count). The molecule has 2 amide bonds. The van der Waals surface area contributed by atoms with Crippen molar-refractivity contribution in [2.45, 2.75) is 52.3 Å². The van der Waals surface area contributed by atoms with Crippen molar-refractivity contribution in [1.29, 1.82) is 0 Å². The molecule has 0 atom stereocenters. The molecule has 8 nitrogen and oxygen atoms in total. The number of hydrogen-bond donors (Lipinski definition) is 0. The van der Waals surface area contributed by atoms with Crippen LogP contribution in [0.1, 0.15) is 53.5 Å². The van der Waals surface area contributed by atoms with Crippen molar-refractivity contribution < 1.29 is 19.1 Å². The number of rotatable bonds is 5. The van der Waals surface area contributed by atoms with Crippen molar-refractivity contribution in [3.8, 4) is 17.0 Å². The first kappa shape index (κ1) is 28.8. The van der Waals surface area contributed by atoms with E-state index < -0.39 is 5.60 Å². The number of ether oxygens (including phenoxy) is 2. The third kappa shape index (κ3) is 5.97. The summed E-state index contributed by atoms with van der Waals surface area (Å²) in [4.78, 5) is 30.6. The number of halogens is 1. The number of aromatic nitrogens is 2. The van der Waals surface area contributed by atoms with Crippen molar-refractivity contribution in [1.82, 2.24) is 14.7 Å². The van der Waals surface area contributed by atoms with Gasteiger partial charge >= 0.3 is 6.09 Å². The standard InChI is InChI=1S/C34H35ClN4O4/c1-34(2,3)43-33(41)37-16-14-23-10-11-27(19-25(23)21-37)38-17-15-29-30(32(38)40)31(24-6-5-7-26(35)18-24)36-39(29)20-22-8-12-28(42-4)13-9-22/h5-13,18-19H,14-17,20-21H2,1-4H3. The molecule has 0 N–H and O–H groups in total. The Morgan fingerprint density at radius 2 is 1.77 bits per heavy atom. The second kappa shape index (κ2) is 11.4. The number of carbonyl (C=O) groups excluding carboxylic acids is 2. The van der Waals surface area contributed by atoms with Crippen LogP contribution in [-0.2, 0) is 30.7 Å². The molecule has 2 aliphatic heterocycles. The van der Waals surface area contributed by atoms with E-state index in [2.05, 4.69) is 6.07 Å². The number of nitrogens with zero attached hydrogens (tertiary/aromatic N) is 4. The fourth-order valence-electron chi connectivity index (χ4n) is 5.74. The van der Waals surface area contributed by atoms with Gasteiger partial charge in [0.15, 0.2) is 0 Å². The van der Waals surface area contributed by atoms with Crippen molar-refractivity contribution in [2.24, 2.45) is 0 Å². The highest BCUT2D eigenvalue weighted by Gasteiger charge is 2.34. The summed E-state index contributed by atoms with van der Waals surface area (Å²) in [7, 11) is 1.65. The van der Waals surface area contributed by atoms with Gasteiger partial charge in [0.1, 0.15) is 17.0 Å². The summed E-state index contributed by atoms with van der Waals surface area (Å²) in [5.41, 5.74) is 6.43. The Hall–Kier alpha value is -4.30. The number of methoxy groups -OCH3 is 1. The van der Waals surface area contributed by atoms with E-state index in [0.29, 0.717) is 48.9 Å². The van der Waals surface area contributed by atoms with E-state index in [4.69, 9.17) is 26.2 Å². The summed E-state index contributed by atoms with van der Waals surface area (Å²) in [5, 5.41) is 5.55. The minimum atomic E-state index is -0.560. The zero-order chi connectivity index (χ0) is 30.3. The van der Waals surface area contributed by atoms with Crippen LogP contribution < -0.4 is 9.64 Å². The molecule has 9 heteroatoms. The first-order valence-electron chi connectivity index (χ1n) is 14.5. The predicted octanol–water partition coefficient (Wildman–Crippen LogP) is 6.76. The normalized spacial score (nSPS) is 14.8. The number of amides is 2. The van der Waals surface area contributed by atoms with Crippen LogP contribution in [0.4, 0.5) is 10.5 Å². The topological polar surface area (TPSA) is 76.9 Å². The van der Waals surface area contributed by atoms with Gasteiger partial charge in [0.2, 0.25) is 0 Å². The van der Waals surface area contributed by atoms with E-state index in [0.717, 1.165) is 40.2 Å². The summed E-state index contributed by atoms with van der Waals surface area (Å²) >= 11 is 6.36. The van der Waals surface area contributed by atoms with Gasteiger partial charge in [-0.15, -0.1) is 0 Å². The molecular formula is C34H35ClN4O4. The fraction of sp³-hybridized carbons (Fsp3) is 0.324. The van der Waals surface area contributed by atoms with Gasteiger partial charge in [0.05, 0.1) is 24.9 Å². The lowest BCUT2D eigenvalue weighted by Gasteiger charge is -2.33. The fourth-order valence-corrected chi connectivity index (χ4v) is 5.93. The molecule has 3 heterocycles. The van der Waals surface area contributed by atoms with E-state index in [1.165, 1.54) is 5.56 Å². The summed E-state index contributed by atoms with van der Waals surface area (Å²) < 4.78 is 12.9. The summed E-state index contributed by atoms with van der Waals surface area (Å²) in [6.45, 7) is 7.70. The van der Waals surface area contributed by atoms with E-state index in [-0.39, 0.29) is 12.0 Å². The predicted molar refractivity (Wildman–Crippen MR) is 167 cm³/mol. The molecule has 0 saturated heterocycles. The largest absolute Gasteiger partial charge is 0.497 e. The van der Waals surface area contributed by atoms with Crippen LogP contribution in [0.25, 0.3) is 11.3 Å². The third-order valence-corrected chi connectivity index (χ3v) is 8.08. The molecule has 4 aromatic rings. The first-order chi connectivity index (χ1) is 20.6. The Morgan fingerprint density at radius 1 is 0.977 bits per heavy atom. The van der Waals surface area contributed by atoms with Crippen LogP contribution in [0.3, 0.4) is 0 Å². The highest BCUT2D eigenvalue weighted by Crippen LogP contribution is 2.35. The minimum Gasteiger partial charge on any atom is -0.497 e. The lowest BCUT2D eigenvalue weighted by molar-refractivity contribution is 0.0224. The van der Waals surface area contributed by atoms with Crippen LogP contribution in [0.15, 0.2) is 66.7 Å². The van der Waals surface area contributed by atoms with Crippen LogP contribution in [0.2, 0.25) is 5.02 Å². The van der Waals surface area contributed by atoms with Gasteiger partial charge in [-0.05, 0) is 80.3 Å². The van der Waals surface area contributed by atoms with Gasteiger partial charge in [0.25, 0.3) is 5.91 Å². The van der Waals surface area contributed by atoms with Gasteiger partial charge in [-0.1, -0.05) is 41.9 Å². The van der Waals surface area contributed by atoms with Crippen molar-refractivity contribution in [3.05, 3.63) is 99.7 Å². The molecule has 0 spiro atoms. The SMILES string of the molecule is COc1ccc(Cn2nc(-c3cccc(Cl)c3)c3c2CCN(c2ccc4c(c2)CN(C(=O)OC(C)(C)C)CC4)C3=O)cc1. The Bertz CT molecular complexity index is 1690. The maximum atomic E-state index is 14.3. The Balaban J connectivity index is 1.33. The molecule has 1 aromatic heterocycles. The average molecular weight is 599 g/mol. The quantitative estimate of drug-likeness (QED) is 0.254. The summed E-state index contributed by atoms with van der Waals surface area (Å²) in [5.74, 6) is 0.688. The van der Waals surface area contributed by atoms with Crippen molar-refractivity contribution in [2.75, 3.05) is 25.1 Å². The monoisotopic (exact) mass is 598 g/mol. The molecule has 0 radical (unpaired) electrons. The zero-order valence-electron chi connectivity index (χ0n) is 24.9. The van der Waals surface area contributed by atoms with Gasteiger partial charge in [-0.2, -0.15) is 5.10 Å². The van der Waals surface area contributed by atoms with E-state index in [1.54, 1.807) is 12.0 Å². The van der Waals surface area contributed by atoms with Crippen molar-refractivity contribution >= 4 is 29.3 Å². The van der Waals surface area contributed by atoms with Crippen LogP contribution in [-0.4, -0.2) is 52.5 Å². The molecule has 0 bridgehead atoms. The van der Waals surface area contributed by atoms with Crippen LogP contribution in [0, 0.1) is 0 Å². The van der Waals surface area contributed by atoms with E-state index in [1.807, 2.05) is 91.0 Å². The van der Waals surface area contributed by atoms with E-state index in [9.17, 15) is 9.59 Å². The molecule has 3 aromatic carbocycles.